The molecule has 168 valence electrons. The van der Waals surface area contributed by atoms with Crippen LogP contribution >= 0.6 is 0 Å². The van der Waals surface area contributed by atoms with E-state index in [2.05, 4.69) is 39.2 Å². The van der Waals surface area contributed by atoms with Crippen LogP contribution in [0.4, 0.5) is 0 Å². The van der Waals surface area contributed by atoms with Gasteiger partial charge in [0.25, 0.3) is 0 Å². The van der Waals surface area contributed by atoms with Crippen LogP contribution in [-0.4, -0.2) is 30.7 Å². The van der Waals surface area contributed by atoms with Crippen LogP contribution in [0.3, 0.4) is 0 Å². The fraction of sp³-hybridized carbons (Fsp3) is 0.846. The molecular weight excluding hydrogens is 406 g/mol. The average molecular weight is 459 g/mol. The number of hydrogen-bond acceptors (Lipinski definition) is 0. The molecule has 0 bridgehead atoms. The molecule has 0 saturated carbocycles. The van der Waals surface area contributed by atoms with Crippen molar-refractivity contribution >= 4 is 0 Å². The molecular formula is C26H52BrN. The van der Waals surface area contributed by atoms with Crippen molar-refractivity contribution in [2.45, 2.75) is 117 Å². The third kappa shape index (κ3) is 18.0. The average Bonchev–Trinajstić information content (AvgIpc) is 2.66. The van der Waals surface area contributed by atoms with Gasteiger partial charge in [0.1, 0.15) is 0 Å². The molecule has 0 aliphatic carbocycles. The molecule has 28 heavy (non-hydrogen) atoms. The lowest BCUT2D eigenvalue weighted by atomic mass is 10.1. The van der Waals surface area contributed by atoms with Crippen LogP contribution in [0.15, 0.2) is 25.3 Å². The van der Waals surface area contributed by atoms with Gasteiger partial charge in [-0.3, -0.25) is 0 Å². The Morgan fingerprint density at radius 2 is 0.786 bits per heavy atom. The molecule has 0 atom stereocenters. The fourth-order valence-corrected chi connectivity index (χ4v) is 4.26. The zero-order valence-electron chi connectivity index (χ0n) is 19.5. The number of nitrogens with zero attached hydrogens (tertiary/aromatic N) is 1. The first-order valence-electron chi connectivity index (χ1n) is 12.3. The van der Waals surface area contributed by atoms with Crippen LogP contribution in [-0.2, 0) is 0 Å². The van der Waals surface area contributed by atoms with Gasteiger partial charge < -0.3 is 21.5 Å². The summed E-state index contributed by atoms with van der Waals surface area (Å²) in [6, 6.07) is 0. The van der Waals surface area contributed by atoms with Crippen molar-refractivity contribution in [2.75, 3.05) is 26.2 Å². The summed E-state index contributed by atoms with van der Waals surface area (Å²) in [5.41, 5.74) is 0. The van der Waals surface area contributed by atoms with E-state index in [0.717, 1.165) is 13.1 Å². The fourth-order valence-electron chi connectivity index (χ4n) is 4.26. The minimum absolute atomic E-state index is 0. The first kappa shape index (κ1) is 30.1. The Morgan fingerprint density at radius 1 is 0.500 bits per heavy atom. The highest BCUT2D eigenvalue weighted by atomic mass is 79.9. The smallest absolute Gasteiger partial charge is 0.0973 e. The van der Waals surface area contributed by atoms with Crippen molar-refractivity contribution in [1.29, 1.82) is 0 Å². The van der Waals surface area contributed by atoms with Crippen molar-refractivity contribution in [1.82, 2.24) is 0 Å². The number of hydrogen-bond donors (Lipinski definition) is 0. The second-order valence-electron chi connectivity index (χ2n) is 8.68. The summed E-state index contributed by atoms with van der Waals surface area (Å²) in [5, 5.41) is 0. The second-order valence-corrected chi connectivity index (χ2v) is 8.68. The summed E-state index contributed by atoms with van der Waals surface area (Å²) >= 11 is 0. The topological polar surface area (TPSA) is 0 Å². The van der Waals surface area contributed by atoms with Crippen molar-refractivity contribution in [3.8, 4) is 0 Å². The van der Waals surface area contributed by atoms with Gasteiger partial charge >= 0.3 is 0 Å². The molecule has 0 aromatic heterocycles. The van der Waals surface area contributed by atoms with Crippen LogP contribution in [0.5, 0.6) is 0 Å². The highest BCUT2D eigenvalue weighted by Gasteiger charge is 2.23. The normalized spacial score (nSPS) is 11.2. The van der Waals surface area contributed by atoms with Gasteiger partial charge in [0.05, 0.1) is 26.2 Å². The Morgan fingerprint density at radius 3 is 1.07 bits per heavy atom. The Hall–Kier alpha value is -0.0800. The molecule has 1 nitrogen and oxygen atoms in total. The Kier molecular flexibility index (Phi) is 25.0. The summed E-state index contributed by atoms with van der Waals surface area (Å²) in [4.78, 5) is 0. The van der Waals surface area contributed by atoms with E-state index in [9.17, 15) is 0 Å². The molecule has 0 N–H and O–H groups in total. The zero-order chi connectivity index (χ0) is 20.1. The van der Waals surface area contributed by atoms with Gasteiger partial charge in [0.15, 0.2) is 0 Å². The van der Waals surface area contributed by atoms with Gasteiger partial charge in [0, 0.05) is 0 Å². The minimum Gasteiger partial charge on any atom is -1.00 e. The van der Waals surface area contributed by atoms with Gasteiger partial charge in [-0.25, -0.2) is 0 Å². The maximum Gasteiger partial charge on any atom is 0.0973 e. The van der Waals surface area contributed by atoms with Gasteiger partial charge in [-0.1, -0.05) is 104 Å². The van der Waals surface area contributed by atoms with E-state index in [4.69, 9.17) is 0 Å². The maximum absolute atomic E-state index is 4.05. The molecule has 0 amide bonds. The molecule has 0 aromatic carbocycles. The highest BCUT2D eigenvalue weighted by molar-refractivity contribution is 4.72. The monoisotopic (exact) mass is 457 g/mol. The van der Waals surface area contributed by atoms with Crippen LogP contribution < -0.4 is 17.0 Å². The first-order chi connectivity index (χ1) is 13.2. The van der Waals surface area contributed by atoms with Gasteiger partial charge in [-0.05, 0) is 37.8 Å². The van der Waals surface area contributed by atoms with E-state index in [0.29, 0.717) is 0 Å². The lowest BCUT2D eigenvalue weighted by molar-refractivity contribution is -0.917. The Bertz CT molecular complexity index is 294. The van der Waals surface area contributed by atoms with Crippen molar-refractivity contribution in [3.05, 3.63) is 25.3 Å². The third-order valence-electron chi connectivity index (χ3n) is 6.00. The summed E-state index contributed by atoms with van der Waals surface area (Å²) in [6.07, 6.45) is 26.8. The lowest BCUT2D eigenvalue weighted by Gasteiger charge is -2.37. The molecule has 0 aliphatic rings. The van der Waals surface area contributed by atoms with Crippen LogP contribution in [0, 0.1) is 0 Å². The second kappa shape index (κ2) is 23.2. The van der Waals surface area contributed by atoms with Crippen molar-refractivity contribution in [2.24, 2.45) is 0 Å². The summed E-state index contributed by atoms with van der Waals surface area (Å²) in [7, 11) is 0. The lowest BCUT2D eigenvalue weighted by Crippen LogP contribution is -3.00. The van der Waals surface area contributed by atoms with E-state index >= 15 is 0 Å². The van der Waals surface area contributed by atoms with E-state index in [-0.39, 0.29) is 17.0 Å². The predicted molar refractivity (Wildman–Crippen MR) is 125 cm³/mol. The van der Waals surface area contributed by atoms with E-state index in [1.807, 2.05) is 0 Å². The molecule has 0 saturated heterocycles. The third-order valence-corrected chi connectivity index (χ3v) is 6.00. The van der Waals surface area contributed by atoms with Gasteiger partial charge in [-0.15, -0.1) is 0 Å². The van der Waals surface area contributed by atoms with Crippen molar-refractivity contribution < 1.29 is 21.5 Å². The number of quaternary nitrogens is 1. The summed E-state index contributed by atoms with van der Waals surface area (Å²) in [6.45, 7) is 17.5. The molecule has 0 rings (SSSR count). The Balaban J connectivity index is 0. The zero-order valence-corrected chi connectivity index (χ0v) is 21.1. The highest BCUT2D eigenvalue weighted by Crippen LogP contribution is 2.17. The number of halogens is 1. The molecule has 0 heterocycles. The van der Waals surface area contributed by atoms with Crippen LogP contribution in [0.1, 0.15) is 117 Å². The van der Waals surface area contributed by atoms with Crippen LogP contribution in [0.2, 0.25) is 0 Å². The Labute approximate surface area is 189 Å². The number of rotatable bonds is 22. The van der Waals surface area contributed by atoms with E-state index < -0.39 is 0 Å². The van der Waals surface area contributed by atoms with Crippen LogP contribution in [0.25, 0.3) is 0 Å². The minimum atomic E-state index is 0. The summed E-state index contributed by atoms with van der Waals surface area (Å²) in [5.74, 6) is 0. The largest absolute Gasteiger partial charge is 1.00 e. The maximum atomic E-state index is 4.05. The summed E-state index contributed by atoms with van der Waals surface area (Å²) < 4.78 is 1.19. The van der Waals surface area contributed by atoms with Gasteiger partial charge in [0.2, 0.25) is 0 Å². The molecule has 0 spiro atoms. The molecule has 0 aromatic rings. The van der Waals surface area contributed by atoms with Gasteiger partial charge in [-0.2, -0.15) is 0 Å². The molecule has 0 fully saturated rings. The molecule has 2 heteroatoms. The van der Waals surface area contributed by atoms with E-state index in [1.165, 1.54) is 120 Å². The molecule has 0 radical (unpaired) electrons. The molecule has 0 unspecified atom stereocenters. The van der Waals surface area contributed by atoms with Crippen molar-refractivity contribution in [3.63, 3.8) is 0 Å². The molecule has 0 aliphatic heterocycles. The first-order valence-corrected chi connectivity index (χ1v) is 12.3. The number of unbranched alkanes of at least 4 members (excludes halogenated alkanes) is 14. The van der Waals surface area contributed by atoms with E-state index in [1.54, 1.807) is 0 Å². The standard InChI is InChI=1S/C26H52N.BrH/c1-5-9-11-13-15-17-19-21-25-27(23-7-3,24-8-4)26-22-20-18-16-14-12-10-6-2;/h7-8H,3-6,9-26H2,1-2H3;1H/q+1;/p-1. The SMILES string of the molecule is C=CC[N+](CC=C)(CCCCCCCCCC)CCCCCCCCCC.[Br-]. The quantitative estimate of drug-likeness (QED) is 0.115. The predicted octanol–water partition coefficient (Wildman–Crippen LogP) is 5.46.